The molecule has 0 saturated heterocycles. The van der Waals surface area contributed by atoms with Crippen LogP contribution < -0.4 is 5.32 Å². The molecule has 24 heavy (non-hydrogen) atoms. The summed E-state index contributed by atoms with van der Waals surface area (Å²) in [5.41, 5.74) is 1.77. The highest BCUT2D eigenvalue weighted by Crippen LogP contribution is 2.36. The van der Waals surface area contributed by atoms with Crippen LogP contribution in [0.1, 0.15) is 27.9 Å². The molecule has 3 aromatic rings. The van der Waals surface area contributed by atoms with E-state index in [1.54, 1.807) is 0 Å². The van der Waals surface area contributed by atoms with Crippen LogP contribution in [-0.2, 0) is 12.0 Å². The predicted octanol–water partition coefficient (Wildman–Crippen LogP) is 3.40. The van der Waals surface area contributed by atoms with Gasteiger partial charge in [-0.25, -0.2) is 0 Å². The molecule has 0 saturated carbocycles. The number of fused-ring (bicyclic) bond motifs is 2. The number of hydrogen-bond donors (Lipinski definition) is 2. The fraction of sp³-hybridized carbons (Fsp3) is 0.190. The third kappa shape index (κ3) is 2.47. The van der Waals surface area contributed by atoms with Crippen LogP contribution >= 0.6 is 0 Å². The van der Waals surface area contributed by atoms with Crippen LogP contribution in [-0.4, -0.2) is 17.6 Å². The highest BCUT2D eigenvalue weighted by atomic mass is 16.3. The lowest BCUT2D eigenvalue weighted by molar-refractivity contribution is 0.0370. The molecule has 1 amide bonds. The summed E-state index contributed by atoms with van der Waals surface area (Å²) in [7, 11) is 0. The van der Waals surface area contributed by atoms with E-state index in [1.165, 1.54) is 5.56 Å². The molecule has 0 aliphatic heterocycles. The fourth-order valence-corrected chi connectivity index (χ4v) is 3.60. The molecule has 1 atom stereocenters. The summed E-state index contributed by atoms with van der Waals surface area (Å²) in [6.45, 7) is 0.228. The third-order valence-corrected chi connectivity index (χ3v) is 4.90. The van der Waals surface area contributed by atoms with Gasteiger partial charge in [0.05, 0.1) is 6.54 Å². The Balaban J connectivity index is 1.57. The lowest BCUT2D eigenvalue weighted by atomic mass is 9.95. The van der Waals surface area contributed by atoms with Gasteiger partial charge in [0.25, 0.3) is 5.91 Å². The molecule has 0 radical (unpaired) electrons. The van der Waals surface area contributed by atoms with E-state index in [1.807, 2.05) is 66.7 Å². The largest absolute Gasteiger partial charge is 0.383 e. The van der Waals surface area contributed by atoms with Gasteiger partial charge in [-0.1, -0.05) is 60.7 Å². The molecule has 0 heterocycles. The topological polar surface area (TPSA) is 49.3 Å². The molecule has 1 aliphatic carbocycles. The number of carbonyl (C=O) groups is 1. The standard InChI is InChI=1S/C21H19NO2/c23-20(18-10-5-8-15-6-1-3-9-17(15)18)22-14-21(24)13-12-16-7-2-4-11-19(16)21/h1-11,24H,12-14H2,(H,22,23)/t21-/m1/s1. The van der Waals surface area contributed by atoms with Crippen LogP contribution in [0.15, 0.2) is 66.7 Å². The van der Waals surface area contributed by atoms with Crippen LogP contribution in [0.3, 0.4) is 0 Å². The molecule has 0 aromatic heterocycles. The Morgan fingerprint density at radius 1 is 1.00 bits per heavy atom. The normalized spacial score (nSPS) is 19.2. The lowest BCUT2D eigenvalue weighted by Gasteiger charge is -2.24. The van der Waals surface area contributed by atoms with Gasteiger partial charge in [0, 0.05) is 5.56 Å². The van der Waals surface area contributed by atoms with Crippen molar-refractivity contribution in [2.45, 2.75) is 18.4 Å². The maximum atomic E-state index is 12.6. The first kappa shape index (κ1) is 14.9. The molecule has 0 fully saturated rings. The highest BCUT2D eigenvalue weighted by molar-refractivity contribution is 6.07. The smallest absolute Gasteiger partial charge is 0.252 e. The highest BCUT2D eigenvalue weighted by Gasteiger charge is 2.36. The zero-order chi connectivity index (χ0) is 16.6. The quantitative estimate of drug-likeness (QED) is 0.778. The molecule has 3 nitrogen and oxygen atoms in total. The van der Waals surface area contributed by atoms with Gasteiger partial charge in [-0.3, -0.25) is 4.79 Å². The number of carbonyl (C=O) groups excluding carboxylic acids is 1. The van der Waals surface area contributed by atoms with E-state index in [0.29, 0.717) is 12.0 Å². The van der Waals surface area contributed by atoms with Gasteiger partial charge in [-0.05, 0) is 40.8 Å². The van der Waals surface area contributed by atoms with E-state index >= 15 is 0 Å². The van der Waals surface area contributed by atoms with Gasteiger partial charge in [0.2, 0.25) is 0 Å². The van der Waals surface area contributed by atoms with E-state index in [2.05, 4.69) is 5.32 Å². The summed E-state index contributed by atoms with van der Waals surface area (Å²) in [5.74, 6) is -0.149. The number of hydrogen-bond acceptors (Lipinski definition) is 2. The molecular weight excluding hydrogens is 298 g/mol. The average Bonchev–Trinajstić information content (AvgIpc) is 2.97. The maximum Gasteiger partial charge on any atom is 0.252 e. The molecule has 120 valence electrons. The van der Waals surface area contributed by atoms with Crippen LogP contribution in [0, 0.1) is 0 Å². The molecule has 3 heteroatoms. The molecule has 0 unspecified atom stereocenters. The SMILES string of the molecule is O=C(NC[C@]1(O)CCc2ccccc21)c1cccc2ccccc12. The number of aliphatic hydroxyl groups is 1. The zero-order valence-corrected chi connectivity index (χ0v) is 13.3. The first-order valence-corrected chi connectivity index (χ1v) is 8.24. The van der Waals surface area contributed by atoms with Gasteiger partial charge >= 0.3 is 0 Å². The summed E-state index contributed by atoms with van der Waals surface area (Å²) in [6, 6.07) is 21.4. The first-order valence-electron chi connectivity index (χ1n) is 8.24. The van der Waals surface area contributed by atoms with Crippen molar-refractivity contribution in [1.82, 2.24) is 5.32 Å². The van der Waals surface area contributed by atoms with E-state index < -0.39 is 5.60 Å². The molecule has 3 aromatic carbocycles. The van der Waals surface area contributed by atoms with Gasteiger partial charge in [-0.15, -0.1) is 0 Å². The summed E-state index contributed by atoms with van der Waals surface area (Å²) < 4.78 is 0. The van der Waals surface area contributed by atoms with Crippen molar-refractivity contribution in [2.24, 2.45) is 0 Å². The summed E-state index contributed by atoms with van der Waals surface area (Å²) in [5, 5.41) is 15.8. The number of rotatable bonds is 3. The Morgan fingerprint density at radius 2 is 1.75 bits per heavy atom. The lowest BCUT2D eigenvalue weighted by Crippen LogP contribution is -2.39. The van der Waals surface area contributed by atoms with Crippen molar-refractivity contribution in [3.63, 3.8) is 0 Å². The number of aryl methyl sites for hydroxylation is 1. The summed E-state index contributed by atoms with van der Waals surface area (Å²) in [6.07, 6.45) is 1.49. The minimum absolute atomic E-state index is 0.149. The van der Waals surface area contributed by atoms with Crippen LogP contribution in [0.2, 0.25) is 0 Å². The van der Waals surface area contributed by atoms with Crippen molar-refractivity contribution in [2.75, 3.05) is 6.54 Å². The molecule has 4 rings (SSSR count). The van der Waals surface area contributed by atoms with Crippen molar-refractivity contribution in [1.29, 1.82) is 0 Å². The van der Waals surface area contributed by atoms with Crippen molar-refractivity contribution < 1.29 is 9.90 Å². The number of benzene rings is 3. The van der Waals surface area contributed by atoms with Crippen LogP contribution in [0.5, 0.6) is 0 Å². The maximum absolute atomic E-state index is 12.6. The Labute approximate surface area is 140 Å². The minimum Gasteiger partial charge on any atom is -0.383 e. The first-order chi connectivity index (χ1) is 11.7. The Morgan fingerprint density at radius 3 is 2.67 bits per heavy atom. The van der Waals surface area contributed by atoms with E-state index in [0.717, 1.165) is 22.8 Å². The zero-order valence-electron chi connectivity index (χ0n) is 13.3. The predicted molar refractivity (Wildman–Crippen MR) is 94.9 cm³/mol. The van der Waals surface area contributed by atoms with E-state index in [4.69, 9.17) is 0 Å². The molecule has 2 N–H and O–H groups in total. The van der Waals surface area contributed by atoms with Gasteiger partial charge in [-0.2, -0.15) is 0 Å². The Kier molecular flexibility index (Phi) is 3.58. The second-order valence-corrected chi connectivity index (χ2v) is 6.40. The monoisotopic (exact) mass is 317 g/mol. The van der Waals surface area contributed by atoms with Crippen molar-refractivity contribution >= 4 is 16.7 Å². The van der Waals surface area contributed by atoms with Crippen LogP contribution in [0.25, 0.3) is 10.8 Å². The Bertz CT molecular complexity index is 913. The fourth-order valence-electron chi connectivity index (χ4n) is 3.60. The second kappa shape index (κ2) is 5.77. The van der Waals surface area contributed by atoms with E-state index in [9.17, 15) is 9.90 Å². The third-order valence-electron chi connectivity index (χ3n) is 4.90. The second-order valence-electron chi connectivity index (χ2n) is 6.40. The molecule has 0 bridgehead atoms. The average molecular weight is 317 g/mol. The number of nitrogens with one attached hydrogen (secondary N) is 1. The minimum atomic E-state index is -0.975. The van der Waals surface area contributed by atoms with Gasteiger partial charge < -0.3 is 10.4 Å². The van der Waals surface area contributed by atoms with Crippen molar-refractivity contribution in [3.05, 3.63) is 83.4 Å². The summed E-state index contributed by atoms with van der Waals surface area (Å²) in [4.78, 5) is 12.6. The summed E-state index contributed by atoms with van der Waals surface area (Å²) >= 11 is 0. The number of amides is 1. The van der Waals surface area contributed by atoms with Crippen molar-refractivity contribution in [3.8, 4) is 0 Å². The van der Waals surface area contributed by atoms with E-state index in [-0.39, 0.29) is 12.5 Å². The molecule has 1 aliphatic rings. The van der Waals surface area contributed by atoms with Gasteiger partial charge in [0.15, 0.2) is 0 Å². The Hall–Kier alpha value is -2.65. The molecular formula is C21H19NO2. The van der Waals surface area contributed by atoms with Crippen LogP contribution in [0.4, 0.5) is 0 Å². The van der Waals surface area contributed by atoms with Gasteiger partial charge in [0.1, 0.15) is 5.60 Å². The molecule has 0 spiro atoms.